The summed E-state index contributed by atoms with van der Waals surface area (Å²) in [7, 11) is 0. The van der Waals surface area contributed by atoms with E-state index in [-0.39, 0.29) is 29.7 Å². The van der Waals surface area contributed by atoms with E-state index in [4.69, 9.17) is 0 Å². The zero-order valence-corrected chi connectivity index (χ0v) is 14.4. The van der Waals surface area contributed by atoms with Crippen LogP contribution < -0.4 is 16.2 Å². The van der Waals surface area contributed by atoms with E-state index in [2.05, 4.69) is 21.2 Å². The number of benzene rings is 1. The monoisotopic (exact) mass is 359 g/mol. The molecule has 0 bridgehead atoms. The summed E-state index contributed by atoms with van der Waals surface area (Å²) in [4.78, 5) is 18.2. The van der Waals surface area contributed by atoms with Gasteiger partial charge in [-0.15, -0.1) is 11.3 Å². The van der Waals surface area contributed by atoms with Crippen LogP contribution in [0.3, 0.4) is 0 Å². The first-order valence-electron chi connectivity index (χ1n) is 8.08. The van der Waals surface area contributed by atoms with Crippen molar-refractivity contribution >= 4 is 22.2 Å². The number of carbonyl (C=O) groups is 1. The molecule has 0 saturated carbocycles. The number of hydrogen-bond acceptors (Lipinski definition) is 5. The SMILES string of the molecule is CC(NC(=O)C1CNNC1c1cccc(F)c1)c1cn2ccsc2n1. The summed E-state index contributed by atoms with van der Waals surface area (Å²) in [5.41, 5.74) is 7.64. The molecular weight excluding hydrogens is 341 g/mol. The summed E-state index contributed by atoms with van der Waals surface area (Å²) in [6.45, 7) is 2.40. The number of imidazole rings is 1. The van der Waals surface area contributed by atoms with Crippen LogP contribution in [0.25, 0.3) is 4.96 Å². The van der Waals surface area contributed by atoms with Gasteiger partial charge in [-0.05, 0) is 24.6 Å². The Morgan fingerprint density at radius 3 is 3.20 bits per heavy atom. The van der Waals surface area contributed by atoms with Crippen LogP contribution in [-0.4, -0.2) is 21.8 Å². The van der Waals surface area contributed by atoms with E-state index in [1.807, 2.05) is 35.2 Å². The van der Waals surface area contributed by atoms with Gasteiger partial charge in [-0.1, -0.05) is 12.1 Å². The van der Waals surface area contributed by atoms with Crippen molar-refractivity contribution in [3.05, 3.63) is 59.1 Å². The lowest BCUT2D eigenvalue weighted by Gasteiger charge is -2.20. The molecule has 2 aromatic heterocycles. The molecule has 4 rings (SSSR count). The predicted octanol–water partition coefficient (Wildman–Crippen LogP) is 2.18. The lowest BCUT2D eigenvalue weighted by Crippen LogP contribution is -2.36. The van der Waals surface area contributed by atoms with Crippen LogP contribution in [0.1, 0.15) is 30.3 Å². The molecule has 0 radical (unpaired) electrons. The first kappa shape index (κ1) is 16.2. The molecule has 6 nitrogen and oxygen atoms in total. The minimum Gasteiger partial charge on any atom is -0.348 e. The van der Waals surface area contributed by atoms with Crippen LogP contribution in [0.5, 0.6) is 0 Å². The quantitative estimate of drug-likeness (QED) is 0.668. The van der Waals surface area contributed by atoms with Crippen LogP contribution in [0, 0.1) is 11.7 Å². The number of aromatic nitrogens is 2. The maximum atomic E-state index is 13.5. The highest BCUT2D eigenvalue weighted by Crippen LogP contribution is 2.26. The summed E-state index contributed by atoms with van der Waals surface area (Å²) in [5.74, 6) is -0.722. The van der Waals surface area contributed by atoms with Gasteiger partial charge in [0, 0.05) is 24.3 Å². The van der Waals surface area contributed by atoms with Crippen molar-refractivity contribution in [2.45, 2.75) is 19.0 Å². The average Bonchev–Trinajstić information content (AvgIpc) is 3.30. The Morgan fingerprint density at radius 1 is 1.52 bits per heavy atom. The van der Waals surface area contributed by atoms with Crippen molar-refractivity contribution in [1.82, 2.24) is 25.6 Å². The third-order valence-corrected chi connectivity index (χ3v) is 5.21. The van der Waals surface area contributed by atoms with E-state index in [9.17, 15) is 9.18 Å². The van der Waals surface area contributed by atoms with Gasteiger partial charge in [0.15, 0.2) is 4.96 Å². The Balaban J connectivity index is 1.48. The number of rotatable bonds is 4. The van der Waals surface area contributed by atoms with E-state index in [0.29, 0.717) is 6.54 Å². The number of hydrazine groups is 1. The van der Waals surface area contributed by atoms with Crippen LogP contribution in [-0.2, 0) is 4.79 Å². The van der Waals surface area contributed by atoms with Crippen LogP contribution in [0.4, 0.5) is 4.39 Å². The first-order chi connectivity index (χ1) is 12.1. The van der Waals surface area contributed by atoms with Gasteiger partial charge >= 0.3 is 0 Å². The molecule has 3 atom stereocenters. The lowest BCUT2D eigenvalue weighted by atomic mass is 9.94. The average molecular weight is 359 g/mol. The fourth-order valence-electron chi connectivity index (χ4n) is 3.11. The minimum atomic E-state index is -0.326. The third-order valence-electron chi connectivity index (χ3n) is 4.44. The molecule has 1 aliphatic rings. The van der Waals surface area contributed by atoms with Gasteiger partial charge in [-0.3, -0.25) is 14.6 Å². The first-order valence-corrected chi connectivity index (χ1v) is 8.96. The molecule has 1 aromatic carbocycles. The number of fused-ring (bicyclic) bond motifs is 1. The Hall–Kier alpha value is -2.29. The molecule has 0 spiro atoms. The minimum absolute atomic E-state index is 0.0874. The van der Waals surface area contributed by atoms with Gasteiger partial charge in [-0.2, -0.15) is 0 Å². The summed E-state index contributed by atoms with van der Waals surface area (Å²) >= 11 is 1.55. The van der Waals surface area contributed by atoms with Crippen molar-refractivity contribution in [2.75, 3.05) is 6.54 Å². The predicted molar refractivity (Wildman–Crippen MR) is 93.4 cm³/mol. The second-order valence-corrected chi connectivity index (χ2v) is 7.03. The Labute approximate surface area is 148 Å². The highest BCUT2D eigenvalue weighted by molar-refractivity contribution is 7.15. The Bertz CT molecular complexity index is 879. The van der Waals surface area contributed by atoms with Crippen LogP contribution in [0.2, 0.25) is 0 Å². The number of halogens is 1. The molecule has 3 heterocycles. The lowest BCUT2D eigenvalue weighted by molar-refractivity contribution is -0.125. The molecule has 1 fully saturated rings. The molecule has 3 N–H and O–H groups in total. The molecule has 130 valence electrons. The van der Waals surface area contributed by atoms with Gasteiger partial charge in [0.25, 0.3) is 0 Å². The number of amides is 1. The van der Waals surface area contributed by atoms with Crippen LogP contribution in [0.15, 0.2) is 42.0 Å². The third kappa shape index (κ3) is 3.15. The standard InChI is InChI=1S/C17H18FN5OS/c1-10(14-9-23-5-6-25-17(23)21-14)20-16(24)13-8-19-22-15(13)11-3-2-4-12(18)7-11/h2-7,9-10,13,15,19,22H,8H2,1H3,(H,20,24). The van der Waals surface area contributed by atoms with Gasteiger partial charge < -0.3 is 5.32 Å². The number of nitrogens with zero attached hydrogens (tertiary/aromatic N) is 2. The van der Waals surface area contributed by atoms with E-state index in [1.54, 1.807) is 17.4 Å². The topological polar surface area (TPSA) is 70.5 Å². The van der Waals surface area contributed by atoms with Gasteiger partial charge in [-0.25, -0.2) is 14.8 Å². The number of nitrogens with one attached hydrogen (secondary N) is 3. The molecule has 1 aliphatic heterocycles. The normalized spacial score (nSPS) is 21.5. The van der Waals surface area contributed by atoms with Crippen molar-refractivity contribution in [3.63, 3.8) is 0 Å². The summed E-state index contributed by atoms with van der Waals surface area (Å²) in [6, 6.07) is 5.86. The fraction of sp³-hybridized carbons (Fsp3) is 0.294. The Kier molecular flexibility index (Phi) is 4.24. The maximum absolute atomic E-state index is 13.5. The van der Waals surface area contributed by atoms with Crippen LogP contribution >= 0.6 is 11.3 Å². The van der Waals surface area contributed by atoms with Gasteiger partial charge in [0.1, 0.15) is 5.82 Å². The zero-order valence-electron chi connectivity index (χ0n) is 13.6. The second-order valence-electron chi connectivity index (χ2n) is 6.15. The fourth-order valence-corrected chi connectivity index (χ4v) is 3.81. The van der Waals surface area contributed by atoms with Crippen molar-refractivity contribution in [2.24, 2.45) is 5.92 Å². The Morgan fingerprint density at radius 2 is 2.40 bits per heavy atom. The van der Waals surface area contributed by atoms with Crippen molar-refractivity contribution in [1.29, 1.82) is 0 Å². The van der Waals surface area contributed by atoms with E-state index < -0.39 is 0 Å². The molecule has 25 heavy (non-hydrogen) atoms. The van der Waals surface area contributed by atoms with Crippen molar-refractivity contribution < 1.29 is 9.18 Å². The summed E-state index contributed by atoms with van der Waals surface area (Å²) in [5, 5.41) is 4.99. The van der Waals surface area contributed by atoms with E-state index >= 15 is 0 Å². The van der Waals surface area contributed by atoms with Gasteiger partial charge in [0.2, 0.25) is 5.91 Å². The summed E-state index contributed by atoms with van der Waals surface area (Å²) < 4.78 is 15.4. The molecule has 1 saturated heterocycles. The maximum Gasteiger partial charge on any atom is 0.226 e. The molecule has 3 unspecified atom stereocenters. The highest BCUT2D eigenvalue weighted by Gasteiger charge is 2.34. The van der Waals surface area contributed by atoms with E-state index in [0.717, 1.165) is 16.2 Å². The number of hydrogen-bond donors (Lipinski definition) is 3. The second kappa shape index (κ2) is 6.55. The largest absolute Gasteiger partial charge is 0.348 e. The number of carbonyl (C=O) groups excluding carboxylic acids is 1. The van der Waals surface area contributed by atoms with Crippen molar-refractivity contribution in [3.8, 4) is 0 Å². The smallest absolute Gasteiger partial charge is 0.226 e. The molecule has 1 amide bonds. The van der Waals surface area contributed by atoms with E-state index in [1.165, 1.54) is 12.1 Å². The molecule has 0 aliphatic carbocycles. The molecule has 3 aromatic rings. The number of thiazole rings is 1. The van der Waals surface area contributed by atoms with Gasteiger partial charge in [0.05, 0.1) is 23.7 Å². The summed E-state index contributed by atoms with van der Waals surface area (Å²) in [6.07, 6.45) is 3.86. The molecule has 8 heteroatoms. The molecular formula is C17H18FN5OS. The highest BCUT2D eigenvalue weighted by atomic mass is 32.1. The zero-order chi connectivity index (χ0) is 17.4.